The largest absolute Gasteiger partial charge is 0.412 e. The van der Waals surface area contributed by atoms with E-state index in [0.29, 0.717) is 25.2 Å². The molecule has 2 heterocycles. The number of aryl methyl sites for hydroxylation is 1. The van der Waals surface area contributed by atoms with Gasteiger partial charge in [-0.1, -0.05) is 30.3 Å². The van der Waals surface area contributed by atoms with Gasteiger partial charge in [0.15, 0.2) is 6.04 Å². The average Bonchev–Trinajstić information content (AvgIpc) is 3.07. The number of fused-ring (bicyclic) bond motifs is 1. The van der Waals surface area contributed by atoms with Crippen LogP contribution in [-0.4, -0.2) is 34.3 Å². The van der Waals surface area contributed by atoms with Crippen LogP contribution in [0.1, 0.15) is 41.0 Å². The third-order valence-electron chi connectivity index (χ3n) is 4.80. The molecule has 2 aromatic rings. The van der Waals surface area contributed by atoms with Gasteiger partial charge in [0, 0.05) is 20.0 Å². The molecule has 1 aliphatic heterocycles. The van der Waals surface area contributed by atoms with Crippen molar-refractivity contribution in [2.45, 2.75) is 38.5 Å². The molecule has 1 aliphatic rings. The second-order valence-electron chi connectivity index (χ2n) is 6.88. The van der Waals surface area contributed by atoms with Crippen molar-refractivity contribution in [2.24, 2.45) is 5.92 Å². The Hall–Kier alpha value is -2.84. The van der Waals surface area contributed by atoms with Crippen LogP contribution in [0.15, 0.2) is 36.5 Å². The molecule has 28 heavy (non-hydrogen) atoms. The van der Waals surface area contributed by atoms with E-state index >= 15 is 0 Å². The van der Waals surface area contributed by atoms with Crippen LogP contribution >= 0.6 is 0 Å². The summed E-state index contributed by atoms with van der Waals surface area (Å²) >= 11 is 0. The first kappa shape index (κ1) is 19.9. The van der Waals surface area contributed by atoms with Gasteiger partial charge in [-0.05, 0) is 24.3 Å². The summed E-state index contributed by atoms with van der Waals surface area (Å²) in [7, 11) is 0. The second-order valence-corrected chi connectivity index (χ2v) is 6.88. The Kier molecular flexibility index (Phi) is 5.71. The monoisotopic (exact) mass is 394 g/mol. The fourth-order valence-electron chi connectivity index (χ4n) is 3.36. The predicted octanol–water partition coefficient (Wildman–Crippen LogP) is 2.61. The van der Waals surface area contributed by atoms with E-state index < -0.39 is 18.1 Å². The lowest BCUT2D eigenvalue weighted by atomic mass is 9.94. The molecule has 0 spiro atoms. The lowest BCUT2D eigenvalue weighted by Gasteiger charge is -2.25. The first-order valence-corrected chi connectivity index (χ1v) is 8.97. The topological polar surface area (TPSA) is 76.0 Å². The molecule has 1 aromatic heterocycles. The SMILES string of the molecule is CC(=O)NC[C@@H]1CCn2ncc(C(=O)N[C@@H](c3ccccc3)C(F)(F)F)c2C1. The molecule has 3 rings (SSSR count). The van der Waals surface area contributed by atoms with Gasteiger partial charge in [-0.15, -0.1) is 0 Å². The molecular formula is C19H21F3N4O2. The Bertz CT molecular complexity index is 849. The van der Waals surface area contributed by atoms with E-state index in [9.17, 15) is 22.8 Å². The van der Waals surface area contributed by atoms with Crippen molar-refractivity contribution in [3.05, 3.63) is 53.3 Å². The van der Waals surface area contributed by atoms with Gasteiger partial charge in [0.2, 0.25) is 5.91 Å². The molecule has 0 saturated carbocycles. The van der Waals surface area contributed by atoms with Crippen molar-refractivity contribution < 1.29 is 22.8 Å². The van der Waals surface area contributed by atoms with Gasteiger partial charge in [-0.3, -0.25) is 14.3 Å². The molecule has 1 aromatic carbocycles. The molecule has 0 radical (unpaired) electrons. The average molecular weight is 394 g/mol. The second kappa shape index (κ2) is 8.04. The highest BCUT2D eigenvalue weighted by Gasteiger charge is 2.42. The van der Waals surface area contributed by atoms with Crippen LogP contribution in [0.4, 0.5) is 13.2 Å². The van der Waals surface area contributed by atoms with Gasteiger partial charge in [-0.2, -0.15) is 18.3 Å². The number of alkyl halides is 3. The van der Waals surface area contributed by atoms with Crippen molar-refractivity contribution >= 4 is 11.8 Å². The minimum atomic E-state index is -4.63. The summed E-state index contributed by atoms with van der Waals surface area (Å²) < 4.78 is 42.2. The third-order valence-corrected chi connectivity index (χ3v) is 4.80. The van der Waals surface area contributed by atoms with E-state index in [1.165, 1.54) is 37.4 Å². The van der Waals surface area contributed by atoms with Gasteiger partial charge >= 0.3 is 6.18 Å². The highest BCUT2D eigenvalue weighted by Crippen LogP contribution is 2.33. The van der Waals surface area contributed by atoms with E-state index in [0.717, 1.165) is 6.42 Å². The molecule has 0 unspecified atom stereocenters. The smallest absolute Gasteiger partial charge is 0.356 e. The Morgan fingerprint density at radius 3 is 2.64 bits per heavy atom. The molecule has 9 heteroatoms. The number of hydrogen-bond donors (Lipinski definition) is 2. The number of nitrogens with one attached hydrogen (secondary N) is 2. The molecule has 0 bridgehead atoms. The summed E-state index contributed by atoms with van der Waals surface area (Å²) in [5.74, 6) is -0.854. The molecule has 2 N–H and O–H groups in total. The predicted molar refractivity (Wildman–Crippen MR) is 95.4 cm³/mol. The van der Waals surface area contributed by atoms with Gasteiger partial charge in [0.25, 0.3) is 5.91 Å². The highest BCUT2D eigenvalue weighted by atomic mass is 19.4. The van der Waals surface area contributed by atoms with Crippen LogP contribution in [0, 0.1) is 5.92 Å². The Balaban J connectivity index is 1.78. The van der Waals surface area contributed by atoms with Gasteiger partial charge in [-0.25, -0.2) is 0 Å². The number of hydrogen-bond acceptors (Lipinski definition) is 3. The minimum absolute atomic E-state index is 0.0343. The Labute approximate surface area is 160 Å². The zero-order valence-electron chi connectivity index (χ0n) is 15.3. The minimum Gasteiger partial charge on any atom is -0.356 e. The number of carbonyl (C=O) groups is 2. The molecule has 2 amide bonds. The number of nitrogens with zero attached hydrogens (tertiary/aromatic N) is 2. The summed E-state index contributed by atoms with van der Waals surface area (Å²) in [6.45, 7) is 2.43. The van der Waals surface area contributed by atoms with E-state index in [2.05, 4.69) is 15.7 Å². The summed E-state index contributed by atoms with van der Waals surface area (Å²) in [4.78, 5) is 23.8. The van der Waals surface area contributed by atoms with Crippen LogP contribution in [-0.2, 0) is 17.8 Å². The number of rotatable bonds is 5. The molecule has 0 fully saturated rings. The molecule has 150 valence electrons. The number of carbonyl (C=O) groups excluding carboxylic acids is 2. The summed E-state index contributed by atoms with van der Waals surface area (Å²) in [5, 5.41) is 8.98. The quantitative estimate of drug-likeness (QED) is 0.819. The van der Waals surface area contributed by atoms with Crippen LogP contribution in [0.25, 0.3) is 0 Å². The van der Waals surface area contributed by atoms with Crippen LogP contribution in [0.5, 0.6) is 0 Å². The zero-order valence-corrected chi connectivity index (χ0v) is 15.3. The first-order valence-electron chi connectivity index (χ1n) is 8.97. The molecular weight excluding hydrogens is 373 g/mol. The number of amides is 2. The van der Waals surface area contributed by atoms with Gasteiger partial charge in [0.1, 0.15) is 0 Å². The van der Waals surface area contributed by atoms with E-state index in [1.807, 2.05) is 0 Å². The fourth-order valence-corrected chi connectivity index (χ4v) is 3.36. The Morgan fingerprint density at radius 2 is 2.00 bits per heavy atom. The van der Waals surface area contributed by atoms with Crippen molar-refractivity contribution in [2.75, 3.05) is 6.54 Å². The Morgan fingerprint density at radius 1 is 1.29 bits per heavy atom. The van der Waals surface area contributed by atoms with E-state index in [-0.39, 0.29) is 23.0 Å². The summed E-state index contributed by atoms with van der Waals surface area (Å²) in [6, 6.07) is 5.16. The van der Waals surface area contributed by atoms with Crippen molar-refractivity contribution in [3.63, 3.8) is 0 Å². The maximum Gasteiger partial charge on any atom is 0.412 e. The number of benzene rings is 1. The fraction of sp³-hybridized carbons (Fsp3) is 0.421. The molecule has 6 nitrogen and oxygen atoms in total. The van der Waals surface area contributed by atoms with E-state index in [4.69, 9.17) is 0 Å². The molecule has 0 aliphatic carbocycles. The summed E-state index contributed by atoms with van der Waals surface area (Å²) in [5.41, 5.74) is 0.693. The van der Waals surface area contributed by atoms with Crippen LogP contribution in [0.3, 0.4) is 0 Å². The lowest BCUT2D eigenvalue weighted by molar-refractivity contribution is -0.155. The maximum atomic E-state index is 13.5. The molecule has 0 saturated heterocycles. The highest BCUT2D eigenvalue weighted by molar-refractivity contribution is 5.95. The van der Waals surface area contributed by atoms with Crippen LogP contribution < -0.4 is 10.6 Å². The summed E-state index contributed by atoms with van der Waals surface area (Å²) in [6.07, 6.45) is -2.08. The normalized spacial score (nSPS) is 17.5. The van der Waals surface area contributed by atoms with Gasteiger partial charge in [0.05, 0.1) is 17.5 Å². The lowest BCUT2D eigenvalue weighted by Crippen LogP contribution is -2.39. The van der Waals surface area contributed by atoms with Gasteiger partial charge < -0.3 is 10.6 Å². The van der Waals surface area contributed by atoms with Crippen LogP contribution in [0.2, 0.25) is 0 Å². The zero-order chi connectivity index (χ0) is 20.3. The van der Waals surface area contributed by atoms with Crippen molar-refractivity contribution in [1.29, 1.82) is 0 Å². The number of halogens is 3. The first-order chi connectivity index (χ1) is 13.3. The maximum absolute atomic E-state index is 13.5. The van der Waals surface area contributed by atoms with E-state index in [1.54, 1.807) is 10.7 Å². The molecule has 2 atom stereocenters. The van der Waals surface area contributed by atoms with Crippen molar-refractivity contribution in [1.82, 2.24) is 20.4 Å². The number of aromatic nitrogens is 2. The standard InChI is InChI=1S/C19H21F3N4O2/c1-12(27)23-10-13-7-8-26-16(9-13)15(11-24-26)18(28)25-17(19(20,21)22)14-5-3-2-4-6-14/h2-6,11,13,17H,7-10H2,1H3,(H,23,27)(H,25,28)/t13-,17+/m1/s1. The van der Waals surface area contributed by atoms with Crippen molar-refractivity contribution in [3.8, 4) is 0 Å². The third kappa shape index (κ3) is 4.52.